The summed E-state index contributed by atoms with van der Waals surface area (Å²) in [5, 5.41) is 10.7. The second kappa shape index (κ2) is 22.3. The van der Waals surface area contributed by atoms with Gasteiger partial charge in [-0.3, -0.25) is 0 Å². The van der Waals surface area contributed by atoms with Crippen LogP contribution in [-0.2, 0) is 33.1 Å². The SMILES string of the molecule is C1CCOC1.C1CCOC1.S=P([C]1=P(c2ccccc2)(c2ccccc2)[S][Ge]12[S]P(c1ccccc1)(c1ccccc1)=[C]2P(=S)(c1ccccc1)c1ccccc1)(c1ccccc1)c1ccccc1. The van der Waals surface area contributed by atoms with Crippen LogP contribution in [-0.4, -0.2) is 45.1 Å². The molecule has 0 bridgehead atoms. The first-order valence-electron chi connectivity index (χ1n) is 23.8. The molecule has 0 aromatic heterocycles. The molecule has 0 amide bonds. The monoisotopic (exact) mass is 1110 g/mol. The quantitative estimate of drug-likeness (QED) is 0.0996. The molecule has 12 rings (SSSR count). The third-order valence-corrected chi connectivity index (χ3v) is 99.8. The van der Waals surface area contributed by atoms with E-state index in [4.69, 9.17) is 33.1 Å². The average Bonchev–Trinajstić information content (AvgIpc) is 4.23. The van der Waals surface area contributed by atoms with Gasteiger partial charge in [-0.05, 0) is 25.7 Å². The zero-order chi connectivity index (χ0) is 47.0. The number of benzene rings is 8. The zero-order valence-electron chi connectivity index (χ0n) is 38.5. The third-order valence-electron chi connectivity index (χ3n) is 12.9. The van der Waals surface area contributed by atoms with Gasteiger partial charge in [0.25, 0.3) is 0 Å². The van der Waals surface area contributed by atoms with Gasteiger partial charge in [-0.1, -0.05) is 0 Å². The van der Waals surface area contributed by atoms with Crippen LogP contribution in [0.25, 0.3) is 0 Å². The molecule has 4 heterocycles. The molecule has 2 fully saturated rings. The van der Waals surface area contributed by atoms with Gasteiger partial charge in [-0.2, -0.15) is 0 Å². The molecule has 8 aromatic rings. The van der Waals surface area contributed by atoms with Crippen molar-refractivity contribution in [1.82, 2.24) is 0 Å². The molecular formula is C58H56GeO2P4S4. The molecule has 69 heavy (non-hydrogen) atoms. The van der Waals surface area contributed by atoms with E-state index in [0.29, 0.717) is 0 Å². The summed E-state index contributed by atoms with van der Waals surface area (Å²) in [5.41, 5.74) is 0. The molecule has 0 saturated carbocycles. The Balaban J connectivity index is 0.000000493. The summed E-state index contributed by atoms with van der Waals surface area (Å²) in [7, 11) is 1.05. The van der Waals surface area contributed by atoms with Gasteiger partial charge in [0, 0.05) is 26.4 Å². The van der Waals surface area contributed by atoms with Crippen LogP contribution in [0.5, 0.6) is 0 Å². The van der Waals surface area contributed by atoms with Crippen LogP contribution in [0.3, 0.4) is 0 Å². The van der Waals surface area contributed by atoms with Crippen molar-refractivity contribution >= 4 is 128 Å². The molecule has 0 unspecified atom stereocenters. The van der Waals surface area contributed by atoms with Crippen LogP contribution >= 0.6 is 43.7 Å². The number of ether oxygens (including phenoxy) is 2. The van der Waals surface area contributed by atoms with Crippen molar-refractivity contribution in [3.8, 4) is 0 Å². The zero-order valence-corrected chi connectivity index (χ0v) is 47.4. The Labute approximate surface area is 429 Å². The molecule has 1 spiro atoms. The molecule has 0 N–H and O–H groups in total. The predicted molar refractivity (Wildman–Crippen MR) is 322 cm³/mol. The summed E-state index contributed by atoms with van der Waals surface area (Å²) in [6.45, 7) is 4.00. The van der Waals surface area contributed by atoms with E-state index >= 15 is 0 Å². The van der Waals surface area contributed by atoms with Gasteiger partial charge in [0.1, 0.15) is 0 Å². The summed E-state index contributed by atoms with van der Waals surface area (Å²) in [4.78, 5) is 0. The van der Waals surface area contributed by atoms with E-state index < -0.39 is 35.2 Å². The molecule has 4 aliphatic rings. The topological polar surface area (TPSA) is 18.5 Å². The van der Waals surface area contributed by atoms with Gasteiger partial charge in [0.05, 0.1) is 0 Å². The van der Waals surface area contributed by atoms with Crippen LogP contribution in [0.2, 0.25) is 0 Å². The van der Waals surface area contributed by atoms with E-state index in [0.717, 1.165) is 26.4 Å². The van der Waals surface area contributed by atoms with Crippen molar-refractivity contribution in [3.63, 3.8) is 0 Å². The average molecular weight is 1110 g/mol. The Morgan fingerprint density at radius 2 is 0.522 bits per heavy atom. The summed E-state index contributed by atoms with van der Waals surface area (Å²) in [6.07, 6.45) is 0.423. The standard InChI is InChI=1S/C50H40GeP4S4.2C4H8O/c56-52(41-25-9-1-10-26-41,42-27-11-2-12-28-42)49-51(58-54(49,45-33-17-5-18-34-45)46-35-19-6-20-36-46)50(53(57,43-29-13-3-14-30-43)44-31-15-4-16-32-44)55(59-51,47-37-21-7-22-38-47)48-39-23-8-24-40-48;2*1-2-4-5-3-1/h1-40H;2*1-4H2. The molecule has 2 saturated heterocycles. The van der Waals surface area contributed by atoms with Gasteiger partial charge < -0.3 is 9.47 Å². The first kappa shape index (κ1) is 49.4. The van der Waals surface area contributed by atoms with E-state index in [9.17, 15) is 0 Å². The van der Waals surface area contributed by atoms with Crippen molar-refractivity contribution in [2.75, 3.05) is 26.4 Å². The third kappa shape index (κ3) is 9.19. The van der Waals surface area contributed by atoms with Crippen LogP contribution in [0, 0.1) is 0 Å². The minimum absolute atomic E-state index is 1.00. The molecule has 2 nitrogen and oxygen atoms in total. The Morgan fingerprint density at radius 1 is 0.319 bits per heavy atom. The van der Waals surface area contributed by atoms with Gasteiger partial charge in [0.2, 0.25) is 0 Å². The van der Waals surface area contributed by atoms with E-state index in [-0.39, 0.29) is 0 Å². The van der Waals surface area contributed by atoms with Crippen molar-refractivity contribution in [1.29, 1.82) is 0 Å². The fourth-order valence-electron chi connectivity index (χ4n) is 9.81. The van der Waals surface area contributed by atoms with Gasteiger partial charge >= 0.3 is 371 Å². The molecule has 8 aromatic carbocycles. The van der Waals surface area contributed by atoms with E-state index in [1.165, 1.54) is 68.1 Å². The first-order valence-corrected chi connectivity index (χ1v) is 43.0. The first-order chi connectivity index (χ1) is 34.0. The van der Waals surface area contributed by atoms with Gasteiger partial charge in [0.15, 0.2) is 0 Å². The van der Waals surface area contributed by atoms with Crippen molar-refractivity contribution in [3.05, 3.63) is 243 Å². The van der Waals surface area contributed by atoms with Crippen molar-refractivity contribution in [2.24, 2.45) is 0 Å². The molecule has 0 aliphatic carbocycles. The maximum atomic E-state index is 7.72. The van der Waals surface area contributed by atoms with E-state index in [1.807, 2.05) is 0 Å². The Hall–Kier alpha value is -3.18. The van der Waals surface area contributed by atoms with Crippen molar-refractivity contribution in [2.45, 2.75) is 25.7 Å². The Kier molecular flexibility index (Phi) is 16.0. The molecule has 0 radical (unpaired) electrons. The van der Waals surface area contributed by atoms with Gasteiger partial charge in [-0.25, -0.2) is 0 Å². The minimum atomic E-state index is -3.74. The Morgan fingerprint density at radius 3 is 0.710 bits per heavy atom. The molecule has 11 heteroatoms. The normalized spacial score (nSPS) is 17.6. The second-order valence-electron chi connectivity index (χ2n) is 17.2. The summed E-state index contributed by atoms with van der Waals surface area (Å²) < 4.78 is 13.3. The van der Waals surface area contributed by atoms with Crippen molar-refractivity contribution < 1.29 is 9.47 Å². The van der Waals surface area contributed by atoms with Gasteiger partial charge in [-0.15, -0.1) is 0 Å². The second-order valence-corrected chi connectivity index (χ2v) is 59.6. The summed E-state index contributed by atoms with van der Waals surface area (Å²) >= 11 is 15.4. The summed E-state index contributed by atoms with van der Waals surface area (Å²) in [6, 6.07) is 85.4. The van der Waals surface area contributed by atoms with E-state index in [1.54, 1.807) is 7.73 Å². The van der Waals surface area contributed by atoms with Crippen LogP contribution in [0.4, 0.5) is 0 Å². The van der Waals surface area contributed by atoms with Crippen LogP contribution < -0.4 is 42.4 Å². The molecular weight excluding hydrogens is 1050 g/mol. The fourth-order valence-corrected chi connectivity index (χ4v) is 152. The fraction of sp³-hybridized carbons (Fsp3) is 0.138. The Bertz CT molecular complexity index is 2770. The molecule has 348 valence electrons. The number of rotatable bonds is 10. The molecule has 4 aliphatic heterocycles. The predicted octanol–water partition coefficient (Wildman–Crippen LogP) is 12.3. The van der Waals surface area contributed by atoms with Crippen LogP contribution in [0.15, 0.2) is 243 Å². The number of hydrogen-bond donors (Lipinski definition) is 0. The van der Waals surface area contributed by atoms with E-state index in [2.05, 4.69) is 262 Å². The van der Waals surface area contributed by atoms with Crippen LogP contribution in [0.1, 0.15) is 25.7 Å². The summed E-state index contributed by atoms with van der Waals surface area (Å²) in [5.74, 6) is 0. The number of hydrogen-bond acceptors (Lipinski definition) is 6. The molecule has 0 atom stereocenters. The maximum absolute atomic E-state index is 7.72.